The summed E-state index contributed by atoms with van der Waals surface area (Å²) in [5, 5.41) is 6.14. The molecule has 1 saturated heterocycles. The minimum Gasteiger partial charge on any atom is -0.556 e. The second kappa shape index (κ2) is 8.30. The van der Waals surface area contributed by atoms with Crippen molar-refractivity contribution in [1.29, 1.82) is 5.41 Å². The molecule has 8 heteroatoms. The van der Waals surface area contributed by atoms with Crippen molar-refractivity contribution in [3.63, 3.8) is 0 Å². The zero-order chi connectivity index (χ0) is 18.4. The zero-order valence-electron chi connectivity index (χ0n) is 15.5. The summed E-state index contributed by atoms with van der Waals surface area (Å²) in [5.41, 5.74) is -0.674. The third-order valence-corrected chi connectivity index (χ3v) is 5.31. The Kier molecular flexibility index (Phi) is 7.23. The summed E-state index contributed by atoms with van der Waals surface area (Å²) < 4.78 is 16.9. The molecule has 1 N–H and O–H groups in total. The number of carbonyl (C=O) groups is 2. The van der Waals surface area contributed by atoms with Gasteiger partial charge in [0.2, 0.25) is 0 Å². The quantitative estimate of drug-likeness (QED) is 0.206. The van der Waals surface area contributed by atoms with Gasteiger partial charge in [-0.1, -0.05) is 12.8 Å². The summed E-state index contributed by atoms with van der Waals surface area (Å²) in [6.45, 7) is 9.56. The average molecular weight is 337 g/mol. The lowest BCUT2D eigenvalue weighted by atomic mass is 9.56. The Morgan fingerprint density at radius 1 is 1.25 bits per heavy atom. The number of ketones is 1. The van der Waals surface area contributed by atoms with Crippen molar-refractivity contribution in [3.05, 3.63) is 0 Å². The first-order chi connectivity index (χ1) is 11.1. The van der Waals surface area contributed by atoms with Crippen LogP contribution in [-0.4, -0.2) is 44.3 Å². The Hall–Kier alpha value is -1.14. The van der Waals surface area contributed by atoms with Crippen molar-refractivity contribution < 1.29 is 23.6 Å². The third-order valence-electron chi connectivity index (χ3n) is 5.31. The lowest BCUT2D eigenvalue weighted by Crippen LogP contribution is -2.41. The number of hydrogen-bond acceptors (Lipinski definition) is 6. The van der Waals surface area contributed by atoms with Gasteiger partial charge in [-0.15, -0.1) is 0 Å². The lowest BCUT2D eigenvalue weighted by molar-refractivity contribution is -0.122. The predicted molar refractivity (Wildman–Crippen MR) is 95.8 cm³/mol. The van der Waals surface area contributed by atoms with Gasteiger partial charge in [-0.2, -0.15) is 0 Å². The van der Waals surface area contributed by atoms with Gasteiger partial charge in [-0.3, -0.25) is 5.41 Å². The van der Waals surface area contributed by atoms with Crippen LogP contribution in [0.2, 0.25) is 11.6 Å². The number of aldehydes is 1. The molecule has 0 saturated carbocycles. The number of carbonyl (C=O) groups excluding carboxylic acids is 2. The van der Waals surface area contributed by atoms with Gasteiger partial charge in [0, 0.05) is 6.42 Å². The Morgan fingerprint density at radius 3 is 2.29 bits per heavy atom. The molecule has 134 valence electrons. The standard InChI is InChI=1S/C16H29B2NO5/c1-13(21)16(9-11-20,17-22-12-19)8-6-7-10-18-23-14(2,3)15(4,5)24-18/h11-12,17,19H,6-10H2,1-5H3. The number of rotatable bonds is 11. The first kappa shape index (κ1) is 20.9. The molecule has 0 aromatic heterocycles. The van der Waals surface area contributed by atoms with Crippen molar-refractivity contribution in [2.24, 2.45) is 0 Å². The molecule has 0 aliphatic carbocycles. The molecule has 6 nitrogen and oxygen atoms in total. The van der Waals surface area contributed by atoms with Gasteiger partial charge in [0.25, 0.3) is 0 Å². The normalized spacial score (nSPS) is 21.0. The highest BCUT2D eigenvalue weighted by atomic mass is 16.7. The van der Waals surface area contributed by atoms with E-state index in [1.54, 1.807) is 0 Å². The molecule has 0 radical (unpaired) electrons. The van der Waals surface area contributed by atoms with Crippen LogP contribution in [0.5, 0.6) is 0 Å². The van der Waals surface area contributed by atoms with E-state index in [1.807, 2.05) is 27.7 Å². The topological polar surface area (TPSA) is 85.7 Å². The van der Waals surface area contributed by atoms with E-state index in [4.69, 9.17) is 19.4 Å². The highest BCUT2D eigenvalue weighted by molar-refractivity contribution is 6.45. The highest BCUT2D eigenvalue weighted by Crippen LogP contribution is 2.39. The van der Waals surface area contributed by atoms with Gasteiger partial charge in [0.05, 0.1) is 16.5 Å². The fourth-order valence-corrected chi connectivity index (χ4v) is 2.87. The monoisotopic (exact) mass is 337 g/mol. The van der Waals surface area contributed by atoms with Crippen molar-refractivity contribution in [3.8, 4) is 0 Å². The van der Waals surface area contributed by atoms with Crippen LogP contribution in [0.25, 0.3) is 0 Å². The maximum Gasteiger partial charge on any atom is 0.457 e. The molecule has 0 bridgehead atoms. The van der Waals surface area contributed by atoms with Gasteiger partial charge >= 0.3 is 14.6 Å². The van der Waals surface area contributed by atoms with Crippen molar-refractivity contribution in [1.82, 2.24) is 0 Å². The largest absolute Gasteiger partial charge is 0.556 e. The van der Waals surface area contributed by atoms with Gasteiger partial charge in [-0.05, 0) is 47.4 Å². The van der Waals surface area contributed by atoms with Gasteiger partial charge in [-0.25, -0.2) is 0 Å². The van der Waals surface area contributed by atoms with Crippen molar-refractivity contribution in [2.45, 2.75) is 83.1 Å². The number of nitrogens with one attached hydrogen (secondary N) is 1. The Bertz CT molecular complexity index is 453. The number of Topliss-reactive ketones (excluding diaryl/α,β-unsaturated/α-hetero) is 1. The van der Waals surface area contributed by atoms with Crippen LogP contribution in [0.3, 0.4) is 0 Å². The summed E-state index contributed by atoms with van der Waals surface area (Å²) in [7, 11) is -0.174. The number of hydrogen-bond donors (Lipinski definition) is 1. The fourth-order valence-electron chi connectivity index (χ4n) is 2.87. The van der Waals surface area contributed by atoms with E-state index >= 15 is 0 Å². The van der Waals surface area contributed by atoms with Crippen LogP contribution in [0.4, 0.5) is 0 Å². The summed E-state index contributed by atoms with van der Waals surface area (Å²) in [6, 6.07) is 0. The van der Waals surface area contributed by atoms with E-state index in [-0.39, 0.29) is 38.0 Å². The molecule has 24 heavy (non-hydrogen) atoms. The van der Waals surface area contributed by atoms with Crippen LogP contribution in [-0.2, 0) is 23.6 Å². The van der Waals surface area contributed by atoms with Crippen molar-refractivity contribution >= 4 is 33.1 Å². The van der Waals surface area contributed by atoms with E-state index in [2.05, 4.69) is 0 Å². The maximum absolute atomic E-state index is 12.0. The molecular formula is C16H29B2NO5. The van der Waals surface area contributed by atoms with Crippen molar-refractivity contribution in [2.75, 3.05) is 0 Å². The SMILES string of the molecule is CC(=O)C(BOC=N)(CC=O)CCCCB1OC(C)(C)C(C)(C)O1. The molecule has 0 aromatic carbocycles. The summed E-state index contributed by atoms with van der Waals surface area (Å²) in [5.74, 6) is -0.0768. The molecule has 1 unspecified atom stereocenters. The lowest BCUT2D eigenvalue weighted by Gasteiger charge is -2.32. The molecule has 1 fully saturated rings. The first-order valence-corrected chi connectivity index (χ1v) is 8.51. The molecular weight excluding hydrogens is 308 g/mol. The van der Waals surface area contributed by atoms with Gasteiger partial charge in [0.1, 0.15) is 18.5 Å². The molecule has 1 rings (SSSR count). The van der Waals surface area contributed by atoms with Gasteiger partial charge in [0.15, 0.2) is 0 Å². The summed E-state index contributed by atoms with van der Waals surface area (Å²) in [4.78, 5) is 23.0. The molecule has 0 spiro atoms. The molecule has 1 aliphatic rings. The predicted octanol–water partition coefficient (Wildman–Crippen LogP) is 2.56. The second-order valence-electron chi connectivity index (χ2n) is 7.57. The van der Waals surface area contributed by atoms with Gasteiger partial charge < -0.3 is 23.6 Å². The molecule has 1 heterocycles. The number of unbranched alkanes of at least 4 members (excludes halogenated alkanes) is 1. The summed E-state index contributed by atoms with van der Waals surface area (Å²) >= 11 is 0. The molecule has 1 aliphatic heterocycles. The minimum absolute atomic E-state index is 0.0705. The van der Waals surface area contributed by atoms with E-state index in [0.717, 1.165) is 31.8 Å². The molecule has 1 atom stereocenters. The maximum atomic E-state index is 12.0. The Balaban J connectivity index is 2.52. The average Bonchev–Trinajstić information content (AvgIpc) is 2.68. The summed E-state index contributed by atoms with van der Waals surface area (Å²) in [6.07, 6.45) is 4.57. The van der Waals surface area contributed by atoms with E-state index in [0.29, 0.717) is 6.42 Å². The van der Waals surface area contributed by atoms with Crippen LogP contribution >= 0.6 is 0 Å². The second-order valence-corrected chi connectivity index (χ2v) is 7.57. The van der Waals surface area contributed by atoms with Crippen LogP contribution in [0.15, 0.2) is 0 Å². The minimum atomic E-state index is -0.838. The Morgan fingerprint density at radius 2 is 1.83 bits per heavy atom. The Labute approximate surface area is 145 Å². The van der Waals surface area contributed by atoms with E-state index < -0.39 is 5.31 Å². The first-order valence-electron chi connectivity index (χ1n) is 8.51. The van der Waals surface area contributed by atoms with Crippen LogP contribution in [0, 0.1) is 5.41 Å². The van der Waals surface area contributed by atoms with E-state index in [1.165, 1.54) is 6.92 Å². The smallest absolute Gasteiger partial charge is 0.457 e. The van der Waals surface area contributed by atoms with Crippen LogP contribution in [0.1, 0.15) is 60.3 Å². The molecule has 0 amide bonds. The third kappa shape index (κ3) is 4.93. The van der Waals surface area contributed by atoms with E-state index in [9.17, 15) is 9.59 Å². The fraction of sp³-hybridized carbons (Fsp3) is 0.812. The zero-order valence-corrected chi connectivity index (χ0v) is 15.5. The highest BCUT2D eigenvalue weighted by Gasteiger charge is 2.50. The molecule has 0 aromatic rings. The van der Waals surface area contributed by atoms with Crippen LogP contribution < -0.4 is 0 Å².